The largest absolute Gasteiger partial charge is 0.468 e. The minimum absolute atomic E-state index is 0.208. The van der Waals surface area contributed by atoms with Crippen LogP contribution in [0.4, 0.5) is 0 Å². The maximum absolute atomic E-state index is 5.72. The van der Waals surface area contributed by atoms with Crippen molar-refractivity contribution in [1.82, 2.24) is 20.4 Å². The second-order valence-corrected chi connectivity index (χ2v) is 7.07. The summed E-state index contributed by atoms with van der Waals surface area (Å²) in [4.78, 5) is 9.61. The van der Waals surface area contributed by atoms with Crippen LogP contribution < -0.4 is 10.6 Å². The van der Waals surface area contributed by atoms with E-state index in [0.29, 0.717) is 6.54 Å². The Hall–Kier alpha value is -1.57. The second-order valence-electron chi connectivity index (χ2n) is 7.07. The molecular formula is C20H37N5O2. The Balaban J connectivity index is 1.91. The summed E-state index contributed by atoms with van der Waals surface area (Å²) in [5, 5.41) is 6.79. The van der Waals surface area contributed by atoms with Crippen molar-refractivity contribution in [3.05, 3.63) is 24.2 Å². The van der Waals surface area contributed by atoms with Crippen LogP contribution in [0.1, 0.15) is 38.0 Å². The topological polar surface area (TPSA) is 65.3 Å². The molecule has 0 bridgehead atoms. The summed E-state index contributed by atoms with van der Waals surface area (Å²) < 4.78 is 10.8. The second kappa shape index (κ2) is 12.8. The first kappa shape index (κ1) is 21.7. The van der Waals surface area contributed by atoms with Gasteiger partial charge in [0.25, 0.3) is 0 Å². The number of ether oxygens (including phenoxy) is 1. The van der Waals surface area contributed by atoms with E-state index in [2.05, 4.69) is 40.5 Å². The third-order valence-corrected chi connectivity index (χ3v) is 4.93. The number of nitrogens with one attached hydrogen (secondary N) is 2. The molecule has 1 unspecified atom stereocenters. The van der Waals surface area contributed by atoms with Gasteiger partial charge in [-0.25, -0.2) is 0 Å². The van der Waals surface area contributed by atoms with E-state index < -0.39 is 0 Å². The molecule has 154 valence electrons. The normalized spacial score (nSPS) is 17.3. The highest BCUT2D eigenvalue weighted by Crippen LogP contribution is 2.25. The number of methoxy groups -OCH3 is 1. The van der Waals surface area contributed by atoms with Crippen LogP contribution in [0.5, 0.6) is 0 Å². The van der Waals surface area contributed by atoms with Gasteiger partial charge in [-0.15, -0.1) is 0 Å². The van der Waals surface area contributed by atoms with Gasteiger partial charge >= 0.3 is 0 Å². The van der Waals surface area contributed by atoms with Crippen molar-refractivity contribution in [3.8, 4) is 0 Å². The fraction of sp³-hybridized carbons (Fsp3) is 0.750. The number of likely N-dealkylation sites (N-methyl/N-ethyl adjacent to an activating group) is 1. The summed E-state index contributed by atoms with van der Waals surface area (Å²) >= 11 is 0. The molecule has 0 radical (unpaired) electrons. The van der Waals surface area contributed by atoms with Gasteiger partial charge in [-0.3, -0.25) is 9.89 Å². The highest BCUT2D eigenvalue weighted by molar-refractivity contribution is 5.79. The first-order valence-corrected chi connectivity index (χ1v) is 10.2. The fourth-order valence-corrected chi connectivity index (χ4v) is 3.34. The molecule has 1 aliphatic rings. The molecule has 1 aliphatic heterocycles. The zero-order valence-electron chi connectivity index (χ0n) is 17.2. The van der Waals surface area contributed by atoms with Gasteiger partial charge < -0.3 is 24.7 Å². The number of hydrogen-bond acceptors (Lipinski definition) is 5. The van der Waals surface area contributed by atoms with Gasteiger partial charge in [-0.05, 0) is 52.0 Å². The molecule has 1 saturated heterocycles. The van der Waals surface area contributed by atoms with Gasteiger partial charge in [0.15, 0.2) is 5.96 Å². The lowest BCUT2D eigenvalue weighted by Gasteiger charge is -2.32. The first-order valence-electron chi connectivity index (χ1n) is 10.2. The van der Waals surface area contributed by atoms with Crippen LogP contribution in [-0.4, -0.2) is 82.3 Å². The number of guanidine groups is 1. The minimum atomic E-state index is 0.208. The maximum Gasteiger partial charge on any atom is 0.191 e. The molecule has 0 saturated carbocycles. The highest BCUT2D eigenvalue weighted by Gasteiger charge is 2.24. The number of piperidine rings is 1. The third-order valence-electron chi connectivity index (χ3n) is 4.93. The lowest BCUT2D eigenvalue weighted by atomic mass is 10.1. The van der Waals surface area contributed by atoms with Crippen LogP contribution in [0.15, 0.2) is 27.8 Å². The van der Waals surface area contributed by atoms with Crippen LogP contribution in [0, 0.1) is 0 Å². The van der Waals surface area contributed by atoms with Crippen molar-refractivity contribution in [1.29, 1.82) is 0 Å². The molecule has 7 heteroatoms. The molecule has 2 heterocycles. The summed E-state index contributed by atoms with van der Waals surface area (Å²) in [6.45, 7) is 9.36. The maximum atomic E-state index is 5.72. The first-order chi connectivity index (χ1) is 13.2. The van der Waals surface area contributed by atoms with Crippen LogP contribution in [0.2, 0.25) is 0 Å². The monoisotopic (exact) mass is 379 g/mol. The Labute approximate surface area is 164 Å². The van der Waals surface area contributed by atoms with Crippen LogP contribution in [0.25, 0.3) is 0 Å². The van der Waals surface area contributed by atoms with Crippen molar-refractivity contribution < 1.29 is 9.15 Å². The lowest BCUT2D eigenvalue weighted by molar-refractivity contribution is 0.150. The summed E-state index contributed by atoms with van der Waals surface area (Å²) in [5.41, 5.74) is 0. The number of hydrogen-bond donors (Lipinski definition) is 2. The van der Waals surface area contributed by atoms with E-state index in [1.807, 2.05) is 6.07 Å². The molecule has 0 spiro atoms. The van der Waals surface area contributed by atoms with Crippen molar-refractivity contribution in [3.63, 3.8) is 0 Å². The summed E-state index contributed by atoms with van der Waals surface area (Å²) in [5.74, 6) is 1.88. The molecule has 27 heavy (non-hydrogen) atoms. The van der Waals surface area contributed by atoms with E-state index in [9.17, 15) is 0 Å². The van der Waals surface area contributed by atoms with E-state index in [-0.39, 0.29) is 6.04 Å². The van der Waals surface area contributed by atoms with Gasteiger partial charge in [0.1, 0.15) is 5.76 Å². The molecule has 2 N–H and O–H groups in total. The smallest absolute Gasteiger partial charge is 0.191 e. The SMILES string of the molecule is CCNC(=NCC(c1ccco1)N1CCCCC1)NCCN(C)CCOC. The van der Waals surface area contributed by atoms with Crippen LogP contribution in [-0.2, 0) is 4.74 Å². The van der Waals surface area contributed by atoms with E-state index in [4.69, 9.17) is 14.1 Å². The molecule has 2 rings (SSSR count). The van der Waals surface area contributed by atoms with Crippen LogP contribution in [0.3, 0.4) is 0 Å². The summed E-state index contributed by atoms with van der Waals surface area (Å²) in [6, 6.07) is 4.25. The average molecular weight is 380 g/mol. The summed E-state index contributed by atoms with van der Waals surface area (Å²) in [6.07, 6.45) is 5.60. The van der Waals surface area contributed by atoms with E-state index in [1.165, 1.54) is 19.3 Å². The number of rotatable bonds is 11. The molecule has 0 amide bonds. The molecule has 1 fully saturated rings. The Morgan fingerprint density at radius 2 is 2.11 bits per heavy atom. The van der Waals surface area contributed by atoms with Gasteiger partial charge in [-0.2, -0.15) is 0 Å². The number of aliphatic imine (C=N–C) groups is 1. The van der Waals surface area contributed by atoms with Crippen LogP contribution >= 0.6 is 0 Å². The van der Waals surface area contributed by atoms with Crippen molar-refractivity contribution in [2.45, 2.75) is 32.2 Å². The molecule has 0 aliphatic carbocycles. The quantitative estimate of drug-likeness (QED) is 0.452. The van der Waals surface area contributed by atoms with Crippen molar-refractivity contribution in [2.75, 3.05) is 66.6 Å². The lowest BCUT2D eigenvalue weighted by Crippen LogP contribution is -2.42. The number of likely N-dealkylation sites (tertiary alicyclic amines) is 1. The zero-order valence-corrected chi connectivity index (χ0v) is 17.2. The number of nitrogens with zero attached hydrogens (tertiary/aromatic N) is 3. The van der Waals surface area contributed by atoms with Gasteiger partial charge in [0, 0.05) is 33.3 Å². The van der Waals surface area contributed by atoms with E-state index in [1.54, 1.807) is 13.4 Å². The highest BCUT2D eigenvalue weighted by atomic mass is 16.5. The van der Waals surface area contributed by atoms with Gasteiger partial charge in [0.05, 0.1) is 25.5 Å². The Morgan fingerprint density at radius 1 is 1.30 bits per heavy atom. The molecule has 1 atom stereocenters. The molecule has 0 aromatic carbocycles. The Kier molecular flexibility index (Phi) is 10.3. The Bertz CT molecular complexity index is 514. The predicted molar refractivity (Wildman–Crippen MR) is 110 cm³/mol. The van der Waals surface area contributed by atoms with Gasteiger partial charge in [-0.1, -0.05) is 6.42 Å². The van der Waals surface area contributed by atoms with Gasteiger partial charge in [0.2, 0.25) is 0 Å². The Morgan fingerprint density at radius 3 is 2.78 bits per heavy atom. The standard InChI is InChI=1S/C20H37N5O2/c1-4-21-20(22-10-13-24(2)14-16-26-3)23-17-18(19-9-8-15-27-19)25-11-6-5-7-12-25/h8-9,15,18H,4-7,10-14,16-17H2,1-3H3,(H2,21,22,23). The fourth-order valence-electron chi connectivity index (χ4n) is 3.34. The van der Waals surface area contributed by atoms with E-state index >= 15 is 0 Å². The molecule has 7 nitrogen and oxygen atoms in total. The average Bonchev–Trinajstić information content (AvgIpc) is 3.22. The van der Waals surface area contributed by atoms with Crippen molar-refractivity contribution >= 4 is 5.96 Å². The molecular weight excluding hydrogens is 342 g/mol. The molecule has 1 aromatic rings. The third kappa shape index (κ3) is 7.91. The minimum Gasteiger partial charge on any atom is -0.468 e. The number of furan rings is 1. The summed E-state index contributed by atoms with van der Waals surface area (Å²) in [7, 11) is 3.84. The van der Waals surface area contributed by atoms with E-state index in [0.717, 1.165) is 57.6 Å². The van der Waals surface area contributed by atoms with Crippen molar-refractivity contribution in [2.24, 2.45) is 4.99 Å². The predicted octanol–water partition coefficient (Wildman–Crippen LogP) is 1.94. The molecule has 1 aromatic heterocycles. The zero-order chi connectivity index (χ0) is 19.3.